The first-order valence-electron chi connectivity index (χ1n) is 9.23. The molecule has 0 aliphatic heterocycles. The molecule has 1 N–H and O–H groups in total. The molecule has 0 unspecified atom stereocenters. The van der Waals surface area contributed by atoms with Crippen LogP contribution in [0.5, 0.6) is 5.75 Å². The molecule has 0 saturated carbocycles. The van der Waals surface area contributed by atoms with E-state index in [1.807, 2.05) is 18.3 Å². The zero-order valence-electron chi connectivity index (χ0n) is 16.0. The molecule has 7 heteroatoms. The monoisotopic (exact) mass is 386 g/mol. The number of nitrogens with one attached hydrogen (secondary N) is 1. The maximum Gasteiger partial charge on any atom is 0.374 e. The molecular formula is C21H23FN2O4. The fraction of sp³-hybridized carbons (Fsp3) is 0.333. The number of nitrogens with zero attached hydrogens (tertiary/aromatic N) is 1. The summed E-state index contributed by atoms with van der Waals surface area (Å²) in [7, 11) is 0. The summed E-state index contributed by atoms with van der Waals surface area (Å²) in [6, 6.07) is 6.65. The van der Waals surface area contributed by atoms with Crippen molar-refractivity contribution in [2.24, 2.45) is 0 Å². The number of fused-ring (bicyclic) bond motifs is 1. The Kier molecular flexibility index (Phi) is 6.60. The number of halogens is 1. The first kappa shape index (κ1) is 19.8. The average Bonchev–Trinajstić information content (AvgIpc) is 3.04. The van der Waals surface area contributed by atoms with Crippen molar-refractivity contribution in [2.45, 2.75) is 26.8 Å². The molecule has 0 saturated heterocycles. The van der Waals surface area contributed by atoms with Gasteiger partial charge in [0.2, 0.25) is 5.76 Å². The van der Waals surface area contributed by atoms with Crippen molar-refractivity contribution in [3.8, 4) is 5.75 Å². The van der Waals surface area contributed by atoms with E-state index < -0.39 is 11.8 Å². The molecule has 148 valence electrons. The van der Waals surface area contributed by atoms with E-state index in [9.17, 15) is 9.18 Å². The SMILES string of the molecule is CCOC(=O)c1oc2ccc(F)c(OCCCNCc3cccnc3)c2c1C. The third kappa shape index (κ3) is 4.48. The van der Waals surface area contributed by atoms with Crippen LogP contribution in [0, 0.1) is 12.7 Å². The van der Waals surface area contributed by atoms with Gasteiger partial charge in [0.1, 0.15) is 5.58 Å². The lowest BCUT2D eigenvalue weighted by Crippen LogP contribution is -2.17. The van der Waals surface area contributed by atoms with Gasteiger partial charge in [0, 0.05) is 24.5 Å². The van der Waals surface area contributed by atoms with Gasteiger partial charge in [-0.05, 0) is 50.6 Å². The topological polar surface area (TPSA) is 73.6 Å². The van der Waals surface area contributed by atoms with Crippen LogP contribution in [0.4, 0.5) is 4.39 Å². The number of aromatic nitrogens is 1. The lowest BCUT2D eigenvalue weighted by atomic mass is 10.1. The summed E-state index contributed by atoms with van der Waals surface area (Å²) in [5.41, 5.74) is 2.00. The zero-order valence-corrected chi connectivity index (χ0v) is 16.0. The van der Waals surface area contributed by atoms with Gasteiger partial charge in [0.15, 0.2) is 11.6 Å². The maximum absolute atomic E-state index is 14.3. The van der Waals surface area contributed by atoms with E-state index in [1.165, 1.54) is 12.1 Å². The molecule has 0 spiro atoms. The van der Waals surface area contributed by atoms with Crippen molar-refractivity contribution < 1.29 is 23.1 Å². The highest BCUT2D eigenvalue weighted by atomic mass is 19.1. The maximum atomic E-state index is 14.3. The summed E-state index contributed by atoms with van der Waals surface area (Å²) < 4.78 is 30.6. The Morgan fingerprint density at radius 1 is 1.32 bits per heavy atom. The predicted octanol–water partition coefficient (Wildman–Crippen LogP) is 4.01. The van der Waals surface area contributed by atoms with Crippen molar-refractivity contribution in [2.75, 3.05) is 19.8 Å². The van der Waals surface area contributed by atoms with Crippen LogP contribution in [0.1, 0.15) is 35.0 Å². The first-order valence-corrected chi connectivity index (χ1v) is 9.23. The van der Waals surface area contributed by atoms with Crippen LogP contribution in [0.15, 0.2) is 41.1 Å². The summed E-state index contributed by atoms with van der Waals surface area (Å²) in [6.45, 7) is 5.40. The Hall–Kier alpha value is -2.93. The third-order valence-electron chi connectivity index (χ3n) is 4.26. The minimum atomic E-state index is -0.567. The first-order chi connectivity index (χ1) is 13.6. The predicted molar refractivity (Wildman–Crippen MR) is 103 cm³/mol. The third-order valence-corrected chi connectivity index (χ3v) is 4.26. The molecule has 3 aromatic rings. The van der Waals surface area contributed by atoms with Crippen LogP contribution >= 0.6 is 0 Å². The minimum absolute atomic E-state index is 0.0745. The number of benzene rings is 1. The molecule has 28 heavy (non-hydrogen) atoms. The summed E-state index contributed by atoms with van der Waals surface area (Å²) >= 11 is 0. The van der Waals surface area contributed by atoms with E-state index in [4.69, 9.17) is 13.9 Å². The molecule has 6 nitrogen and oxygen atoms in total. The summed E-state index contributed by atoms with van der Waals surface area (Å²) in [5.74, 6) is -0.885. The van der Waals surface area contributed by atoms with Gasteiger partial charge in [-0.3, -0.25) is 4.98 Å². The van der Waals surface area contributed by atoms with Crippen molar-refractivity contribution in [3.05, 3.63) is 59.4 Å². The molecule has 0 aliphatic rings. The Labute approximate surface area is 162 Å². The fourth-order valence-corrected chi connectivity index (χ4v) is 2.92. The standard InChI is InChI=1S/C21H23FN2O4/c1-3-26-21(25)19-14(2)18-17(28-19)8-7-16(22)20(18)27-11-5-10-24-13-15-6-4-9-23-12-15/h4,6-9,12,24H,3,5,10-11,13H2,1-2H3. The largest absolute Gasteiger partial charge is 0.490 e. The molecule has 1 aromatic carbocycles. The second kappa shape index (κ2) is 9.32. The second-order valence-electron chi connectivity index (χ2n) is 6.27. The van der Waals surface area contributed by atoms with E-state index in [1.54, 1.807) is 20.0 Å². The number of aryl methyl sites for hydroxylation is 1. The van der Waals surface area contributed by atoms with E-state index >= 15 is 0 Å². The quantitative estimate of drug-likeness (QED) is 0.442. The fourth-order valence-electron chi connectivity index (χ4n) is 2.92. The summed E-state index contributed by atoms with van der Waals surface area (Å²) in [4.78, 5) is 16.1. The Balaban J connectivity index is 1.62. The Morgan fingerprint density at radius 3 is 2.93 bits per heavy atom. The number of ether oxygens (including phenoxy) is 2. The number of esters is 1. The molecule has 0 atom stereocenters. The normalized spacial score (nSPS) is 11.0. The van der Waals surface area contributed by atoms with Gasteiger partial charge < -0.3 is 19.2 Å². The number of carbonyl (C=O) groups excluding carboxylic acids is 1. The van der Waals surface area contributed by atoms with E-state index in [-0.39, 0.29) is 18.1 Å². The molecule has 0 aliphatic carbocycles. The van der Waals surface area contributed by atoms with Gasteiger partial charge in [-0.1, -0.05) is 6.07 Å². The average molecular weight is 386 g/mol. The van der Waals surface area contributed by atoms with Crippen molar-refractivity contribution in [3.63, 3.8) is 0 Å². The lowest BCUT2D eigenvalue weighted by molar-refractivity contribution is 0.0491. The minimum Gasteiger partial charge on any atom is -0.490 e. The molecular weight excluding hydrogens is 363 g/mol. The number of carbonyl (C=O) groups is 1. The van der Waals surface area contributed by atoms with Gasteiger partial charge in [-0.25, -0.2) is 9.18 Å². The number of rotatable bonds is 9. The van der Waals surface area contributed by atoms with Crippen LogP contribution in [0.2, 0.25) is 0 Å². The molecule has 3 rings (SSSR count). The summed E-state index contributed by atoms with van der Waals surface area (Å²) in [5, 5.41) is 3.75. The lowest BCUT2D eigenvalue weighted by Gasteiger charge is -2.09. The molecule has 0 radical (unpaired) electrons. The van der Waals surface area contributed by atoms with Gasteiger partial charge in [0.05, 0.1) is 18.6 Å². The van der Waals surface area contributed by atoms with Crippen LogP contribution in [-0.4, -0.2) is 30.7 Å². The van der Waals surface area contributed by atoms with Crippen molar-refractivity contribution in [1.82, 2.24) is 10.3 Å². The van der Waals surface area contributed by atoms with Gasteiger partial charge in [-0.2, -0.15) is 0 Å². The highest BCUT2D eigenvalue weighted by Gasteiger charge is 2.23. The molecule has 0 fully saturated rings. The zero-order chi connectivity index (χ0) is 19.9. The highest BCUT2D eigenvalue weighted by molar-refractivity contribution is 5.98. The molecule has 0 bridgehead atoms. The van der Waals surface area contributed by atoms with Crippen molar-refractivity contribution >= 4 is 16.9 Å². The number of hydrogen-bond acceptors (Lipinski definition) is 6. The van der Waals surface area contributed by atoms with Gasteiger partial charge >= 0.3 is 5.97 Å². The van der Waals surface area contributed by atoms with E-state index in [0.717, 1.165) is 5.56 Å². The smallest absolute Gasteiger partial charge is 0.374 e. The molecule has 0 amide bonds. The van der Waals surface area contributed by atoms with Crippen LogP contribution in [0.25, 0.3) is 11.0 Å². The number of hydrogen-bond donors (Lipinski definition) is 1. The number of pyridine rings is 1. The second-order valence-corrected chi connectivity index (χ2v) is 6.27. The van der Waals surface area contributed by atoms with Crippen LogP contribution in [0.3, 0.4) is 0 Å². The van der Waals surface area contributed by atoms with Crippen molar-refractivity contribution in [1.29, 1.82) is 0 Å². The Bertz CT molecular complexity index is 940. The highest BCUT2D eigenvalue weighted by Crippen LogP contribution is 2.35. The van der Waals surface area contributed by atoms with E-state index in [2.05, 4.69) is 10.3 Å². The number of furan rings is 1. The molecule has 2 aromatic heterocycles. The van der Waals surface area contributed by atoms with Crippen LogP contribution in [-0.2, 0) is 11.3 Å². The van der Waals surface area contributed by atoms with Crippen LogP contribution < -0.4 is 10.1 Å². The summed E-state index contributed by atoms with van der Waals surface area (Å²) in [6.07, 6.45) is 4.23. The van der Waals surface area contributed by atoms with E-state index in [0.29, 0.717) is 42.6 Å². The van der Waals surface area contributed by atoms with Gasteiger partial charge in [-0.15, -0.1) is 0 Å². The Morgan fingerprint density at radius 2 is 2.18 bits per heavy atom. The molecule has 2 heterocycles. The van der Waals surface area contributed by atoms with Gasteiger partial charge in [0.25, 0.3) is 0 Å².